The van der Waals surface area contributed by atoms with Gasteiger partial charge in [0.15, 0.2) is 0 Å². The second-order valence-corrected chi connectivity index (χ2v) is 6.85. The quantitative estimate of drug-likeness (QED) is 0.690. The molecule has 0 heterocycles. The first kappa shape index (κ1) is 13.1. The predicted octanol–water partition coefficient (Wildman–Crippen LogP) is 2.89. The van der Waals surface area contributed by atoms with Crippen LogP contribution < -0.4 is 0 Å². The van der Waals surface area contributed by atoms with Crippen LogP contribution in [0.5, 0.6) is 0 Å². The van der Waals surface area contributed by atoms with E-state index in [1.165, 1.54) is 6.42 Å². The smallest absolute Gasteiger partial charge is 0.0653 e. The molecule has 98 valence electrons. The van der Waals surface area contributed by atoms with E-state index in [2.05, 4.69) is 19.9 Å². The van der Waals surface area contributed by atoms with Gasteiger partial charge in [-0.1, -0.05) is 26.3 Å². The van der Waals surface area contributed by atoms with Crippen molar-refractivity contribution >= 4 is 0 Å². The first-order chi connectivity index (χ1) is 7.87. The summed E-state index contributed by atoms with van der Waals surface area (Å²) in [5.41, 5.74) is 0.874. The zero-order valence-electron chi connectivity index (χ0n) is 11.4. The number of hydrogen-bond acceptors (Lipinski definition) is 2. The minimum Gasteiger partial charge on any atom is -0.392 e. The molecule has 0 aromatic heterocycles. The second kappa shape index (κ2) is 4.40. The summed E-state index contributed by atoms with van der Waals surface area (Å²) in [5.74, 6) is 0.770. The third kappa shape index (κ3) is 2.43. The molecule has 2 nitrogen and oxygen atoms in total. The molecule has 0 saturated heterocycles. The second-order valence-electron chi connectivity index (χ2n) is 6.85. The van der Waals surface area contributed by atoms with Crippen LogP contribution in [0.3, 0.4) is 0 Å². The molecule has 17 heavy (non-hydrogen) atoms. The monoisotopic (exact) mass is 238 g/mol. The zero-order valence-corrected chi connectivity index (χ0v) is 11.4. The van der Waals surface area contributed by atoms with E-state index in [9.17, 15) is 10.2 Å². The lowest BCUT2D eigenvalue weighted by atomic mass is 9.63. The van der Waals surface area contributed by atoms with Gasteiger partial charge in [0, 0.05) is 0 Å². The van der Waals surface area contributed by atoms with Gasteiger partial charge in [-0.15, -0.1) is 0 Å². The standard InChI is InChI=1S/C15H26O2/c1-14(2)7-4-8-15(3,17)12-6-5-11(10-16)9-13(12)14/h9,12-13,16-17H,4-8,10H2,1-3H3/t12-,13-,15+/m0/s1. The van der Waals surface area contributed by atoms with Crippen molar-refractivity contribution in [3.8, 4) is 0 Å². The Kier molecular flexibility index (Phi) is 3.39. The van der Waals surface area contributed by atoms with E-state index in [4.69, 9.17) is 0 Å². The number of aliphatic hydroxyl groups is 2. The van der Waals surface area contributed by atoms with Gasteiger partial charge < -0.3 is 10.2 Å². The molecule has 0 spiro atoms. The van der Waals surface area contributed by atoms with Gasteiger partial charge in [0.05, 0.1) is 12.2 Å². The molecule has 0 amide bonds. The van der Waals surface area contributed by atoms with Crippen LogP contribution in [0.2, 0.25) is 0 Å². The van der Waals surface area contributed by atoms with Gasteiger partial charge in [-0.2, -0.15) is 0 Å². The van der Waals surface area contributed by atoms with E-state index < -0.39 is 5.60 Å². The van der Waals surface area contributed by atoms with Crippen LogP contribution in [0, 0.1) is 17.3 Å². The Bertz CT molecular complexity index is 315. The minimum absolute atomic E-state index is 0.182. The van der Waals surface area contributed by atoms with Crippen molar-refractivity contribution in [3.05, 3.63) is 11.6 Å². The highest BCUT2D eigenvalue weighted by atomic mass is 16.3. The maximum Gasteiger partial charge on any atom is 0.0653 e. The van der Waals surface area contributed by atoms with Crippen LogP contribution in [0.4, 0.5) is 0 Å². The van der Waals surface area contributed by atoms with Gasteiger partial charge in [0.2, 0.25) is 0 Å². The summed E-state index contributed by atoms with van der Waals surface area (Å²) in [6.45, 7) is 6.80. The molecule has 0 aromatic rings. The van der Waals surface area contributed by atoms with Crippen LogP contribution in [0.1, 0.15) is 52.9 Å². The Morgan fingerprint density at radius 2 is 2.00 bits per heavy atom. The lowest BCUT2D eigenvalue weighted by molar-refractivity contribution is -0.0386. The highest BCUT2D eigenvalue weighted by molar-refractivity contribution is 5.16. The van der Waals surface area contributed by atoms with Crippen molar-refractivity contribution in [2.45, 2.75) is 58.5 Å². The molecule has 0 bridgehead atoms. The van der Waals surface area contributed by atoms with E-state index in [-0.39, 0.29) is 12.0 Å². The summed E-state index contributed by atoms with van der Waals surface area (Å²) in [5, 5.41) is 20.0. The third-order valence-corrected chi connectivity index (χ3v) is 5.03. The first-order valence-corrected chi connectivity index (χ1v) is 6.89. The fourth-order valence-corrected chi connectivity index (χ4v) is 3.83. The van der Waals surface area contributed by atoms with Crippen molar-refractivity contribution in [3.63, 3.8) is 0 Å². The molecule has 2 rings (SSSR count). The maximum absolute atomic E-state index is 10.6. The average molecular weight is 238 g/mol. The molecule has 2 aliphatic carbocycles. The van der Waals surface area contributed by atoms with Gasteiger partial charge in [-0.05, 0) is 55.4 Å². The van der Waals surface area contributed by atoms with Gasteiger partial charge in [-0.25, -0.2) is 0 Å². The fourth-order valence-electron chi connectivity index (χ4n) is 3.83. The predicted molar refractivity (Wildman–Crippen MR) is 69.6 cm³/mol. The molecular weight excluding hydrogens is 212 g/mol. The van der Waals surface area contributed by atoms with Crippen LogP contribution in [0.15, 0.2) is 11.6 Å². The van der Waals surface area contributed by atoms with Crippen LogP contribution in [-0.4, -0.2) is 22.4 Å². The molecule has 2 aliphatic rings. The Labute approximate surface area is 105 Å². The van der Waals surface area contributed by atoms with Crippen LogP contribution >= 0.6 is 0 Å². The lowest BCUT2D eigenvalue weighted by Gasteiger charge is -2.44. The lowest BCUT2D eigenvalue weighted by Crippen LogP contribution is -2.42. The molecule has 0 aromatic carbocycles. The van der Waals surface area contributed by atoms with E-state index in [0.29, 0.717) is 11.8 Å². The normalized spacial score (nSPS) is 41.4. The Morgan fingerprint density at radius 1 is 1.29 bits per heavy atom. The molecule has 1 saturated carbocycles. The molecule has 2 N–H and O–H groups in total. The van der Waals surface area contributed by atoms with E-state index >= 15 is 0 Å². The van der Waals surface area contributed by atoms with E-state index in [1.807, 2.05) is 6.92 Å². The molecular formula is C15H26O2. The SMILES string of the molecule is CC1(C)CCC[C@@](C)(O)[C@H]2CCC(CO)=C[C@@H]21. The van der Waals surface area contributed by atoms with E-state index in [0.717, 1.165) is 31.3 Å². The van der Waals surface area contributed by atoms with Crippen molar-refractivity contribution in [1.82, 2.24) is 0 Å². The number of aliphatic hydroxyl groups excluding tert-OH is 1. The molecule has 0 aliphatic heterocycles. The molecule has 0 radical (unpaired) electrons. The van der Waals surface area contributed by atoms with Crippen molar-refractivity contribution < 1.29 is 10.2 Å². The Morgan fingerprint density at radius 3 is 2.65 bits per heavy atom. The van der Waals surface area contributed by atoms with Gasteiger partial charge in [-0.3, -0.25) is 0 Å². The van der Waals surface area contributed by atoms with Crippen LogP contribution in [0.25, 0.3) is 0 Å². The highest BCUT2D eigenvalue weighted by Crippen LogP contribution is 2.51. The summed E-state index contributed by atoms with van der Waals surface area (Å²) >= 11 is 0. The summed E-state index contributed by atoms with van der Waals surface area (Å²) < 4.78 is 0. The fraction of sp³-hybridized carbons (Fsp3) is 0.867. The molecule has 1 fully saturated rings. The maximum atomic E-state index is 10.6. The number of allylic oxidation sites excluding steroid dienone is 1. The third-order valence-electron chi connectivity index (χ3n) is 5.03. The molecule has 3 atom stereocenters. The first-order valence-electron chi connectivity index (χ1n) is 6.89. The number of hydrogen-bond donors (Lipinski definition) is 2. The van der Waals surface area contributed by atoms with Gasteiger partial charge >= 0.3 is 0 Å². The zero-order chi connectivity index (χ0) is 12.7. The van der Waals surface area contributed by atoms with Crippen molar-refractivity contribution in [1.29, 1.82) is 0 Å². The van der Waals surface area contributed by atoms with Crippen molar-refractivity contribution in [2.24, 2.45) is 17.3 Å². The summed E-state index contributed by atoms with van der Waals surface area (Å²) in [4.78, 5) is 0. The summed E-state index contributed by atoms with van der Waals surface area (Å²) in [7, 11) is 0. The largest absolute Gasteiger partial charge is 0.392 e. The number of rotatable bonds is 1. The topological polar surface area (TPSA) is 40.5 Å². The van der Waals surface area contributed by atoms with Gasteiger partial charge in [0.1, 0.15) is 0 Å². The Balaban J connectivity index is 2.36. The van der Waals surface area contributed by atoms with Crippen LogP contribution in [-0.2, 0) is 0 Å². The summed E-state index contributed by atoms with van der Waals surface area (Å²) in [6.07, 6.45) is 7.42. The highest BCUT2D eigenvalue weighted by Gasteiger charge is 2.46. The molecule has 2 heteroatoms. The average Bonchev–Trinajstić information content (AvgIpc) is 2.35. The number of fused-ring (bicyclic) bond motifs is 1. The van der Waals surface area contributed by atoms with E-state index in [1.54, 1.807) is 0 Å². The minimum atomic E-state index is -0.532. The summed E-state index contributed by atoms with van der Waals surface area (Å²) in [6, 6.07) is 0. The Hall–Kier alpha value is -0.340. The molecule has 0 unspecified atom stereocenters. The van der Waals surface area contributed by atoms with Crippen molar-refractivity contribution in [2.75, 3.05) is 6.61 Å². The van der Waals surface area contributed by atoms with Gasteiger partial charge in [0.25, 0.3) is 0 Å².